The SMILES string of the molecule is CCCCCOc1ccc(C(=O)NC(=S)NNC(=O)COc2ccc(Cl)cc2)cc1. The molecule has 0 aliphatic rings. The highest BCUT2D eigenvalue weighted by Crippen LogP contribution is 2.15. The number of carbonyl (C=O) groups is 2. The minimum Gasteiger partial charge on any atom is -0.494 e. The summed E-state index contributed by atoms with van der Waals surface area (Å²) in [6, 6.07) is 13.4. The molecule has 2 aromatic carbocycles. The zero-order valence-corrected chi connectivity index (χ0v) is 18.1. The van der Waals surface area contributed by atoms with Crippen molar-refractivity contribution in [3.8, 4) is 11.5 Å². The van der Waals surface area contributed by atoms with Gasteiger partial charge in [0.25, 0.3) is 11.8 Å². The Hall–Kier alpha value is -2.84. The number of carbonyl (C=O) groups excluding carboxylic acids is 2. The lowest BCUT2D eigenvalue weighted by Crippen LogP contribution is -2.49. The van der Waals surface area contributed by atoms with Crippen molar-refractivity contribution in [2.75, 3.05) is 13.2 Å². The number of halogens is 1. The third-order valence-corrected chi connectivity index (χ3v) is 4.32. The quantitative estimate of drug-likeness (QED) is 0.308. The molecule has 0 unspecified atom stereocenters. The molecule has 0 bridgehead atoms. The Bertz CT molecular complexity index is 844. The van der Waals surface area contributed by atoms with E-state index in [-0.39, 0.29) is 11.7 Å². The van der Waals surface area contributed by atoms with E-state index in [0.717, 1.165) is 19.3 Å². The summed E-state index contributed by atoms with van der Waals surface area (Å²) >= 11 is 10.8. The maximum Gasteiger partial charge on any atom is 0.276 e. The van der Waals surface area contributed by atoms with Crippen molar-refractivity contribution >= 4 is 40.7 Å². The maximum atomic E-state index is 12.2. The molecule has 2 rings (SSSR count). The Morgan fingerprint density at radius 2 is 1.57 bits per heavy atom. The molecule has 9 heteroatoms. The lowest BCUT2D eigenvalue weighted by molar-refractivity contribution is -0.123. The number of ether oxygens (including phenoxy) is 2. The predicted octanol–water partition coefficient (Wildman–Crippen LogP) is 3.62. The molecule has 0 saturated carbocycles. The summed E-state index contributed by atoms with van der Waals surface area (Å²) in [4.78, 5) is 24.0. The van der Waals surface area contributed by atoms with E-state index in [9.17, 15) is 9.59 Å². The molecule has 0 aliphatic carbocycles. The highest BCUT2D eigenvalue weighted by atomic mass is 35.5. The zero-order chi connectivity index (χ0) is 21.8. The van der Waals surface area contributed by atoms with Crippen LogP contribution in [-0.2, 0) is 4.79 Å². The van der Waals surface area contributed by atoms with Gasteiger partial charge in [0.15, 0.2) is 11.7 Å². The van der Waals surface area contributed by atoms with Crippen molar-refractivity contribution in [2.45, 2.75) is 26.2 Å². The minimum atomic E-state index is -0.467. The second kappa shape index (κ2) is 12.7. The Morgan fingerprint density at radius 3 is 2.23 bits per heavy atom. The van der Waals surface area contributed by atoms with Crippen LogP contribution in [0, 0.1) is 0 Å². The highest BCUT2D eigenvalue weighted by Gasteiger charge is 2.09. The van der Waals surface area contributed by atoms with Gasteiger partial charge in [0, 0.05) is 10.6 Å². The van der Waals surface area contributed by atoms with Crippen LogP contribution < -0.4 is 25.6 Å². The number of unbranched alkanes of at least 4 members (excludes halogenated alkanes) is 2. The number of hydrogen-bond donors (Lipinski definition) is 3. The van der Waals surface area contributed by atoms with E-state index in [1.165, 1.54) is 0 Å². The van der Waals surface area contributed by atoms with Crippen molar-refractivity contribution in [3.05, 3.63) is 59.1 Å². The van der Waals surface area contributed by atoms with Crippen LogP contribution >= 0.6 is 23.8 Å². The van der Waals surface area contributed by atoms with E-state index in [1.807, 2.05) is 0 Å². The Kier molecular flexibility index (Phi) is 9.90. The Morgan fingerprint density at radius 1 is 0.933 bits per heavy atom. The number of hydrazine groups is 1. The van der Waals surface area contributed by atoms with Gasteiger partial charge in [-0.3, -0.25) is 25.8 Å². The van der Waals surface area contributed by atoms with E-state index in [1.54, 1.807) is 48.5 Å². The zero-order valence-electron chi connectivity index (χ0n) is 16.6. The number of nitrogens with one attached hydrogen (secondary N) is 3. The van der Waals surface area contributed by atoms with Gasteiger partial charge in [0.05, 0.1) is 6.61 Å². The molecule has 0 spiro atoms. The third-order valence-electron chi connectivity index (χ3n) is 3.86. The van der Waals surface area contributed by atoms with E-state index >= 15 is 0 Å². The van der Waals surface area contributed by atoms with E-state index in [0.29, 0.717) is 28.7 Å². The summed E-state index contributed by atoms with van der Waals surface area (Å²) in [6.07, 6.45) is 3.25. The van der Waals surface area contributed by atoms with E-state index in [2.05, 4.69) is 23.1 Å². The standard InChI is InChI=1S/C21H24ClN3O4S/c1-2-3-4-13-28-17-9-5-15(6-10-17)20(27)23-21(30)25-24-19(26)14-29-18-11-7-16(22)8-12-18/h5-12H,2-4,13-14H2,1H3,(H,24,26)(H2,23,25,27,30). The summed E-state index contributed by atoms with van der Waals surface area (Å²) in [5, 5.41) is 3.01. The van der Waals surface area contributed by atoms with Crippen LogP contribution in [0.5, 0.6) is 11.5 Å². The number of benzene rings is 2. The van der Waals surface area contributed by atoms with Crippen LogP contribution in [0.15, 0.2) is 48.5 Å². The molecule has 0 aromatic heterocycles. The smallest absolute Gasteiger partial charge is 0.276 e. The van der Waals surface area contributed by atoms with Crippen molar-refractivity contribution in [2.24, 2.45) is 0 Å². The maximum absolute atomic E-state index is 12.2. The first-order valence-corrected chi connectivity index (χ1v) is 10.3. The first-order valence-electron chi connectivity index (χ1n) is 9.49. The van der Waals surface area contributed by atoms with Crippen molar-refractivity contribution < 1.29 is 19.1 Å². The van der Waals surface area contributed by atoms with Crippen LogP contribution in [0.3, 0.4) is 0 Å². The fraction of sp³-hybridized carbons (Fsp3) is 0.286. The Balaban J connectivity index is 1.68. The molecule has 0 atom stereocenters. The molecule has 160 valence electrons. The van der Waals surface area contributed by atoms with Gasteiger partial charge in [-0.05, 0) is 67.2 Å². The van der Waals surface area contributed by atoms with Crippen LogP contribution in [0.25, 0.3) is 0 Å². The molecule has 2 amide bonds. The number of amides is 2. The van der Waals surface area contributed by atoms with Gasteiger partial charge in [0.1, 0.15) is 11.5 Å². The topological polar surface area (TPSA) is 88.7 Å². The molecular formula is C21H24ClN3O4S. The second-order valence-corrected chi connectivity index (χ2v) is 7.12. The molecule has 3 N–H and O–H groups in total. The summed E-state index contributed by atoms with van der Waals surface area (Å²) in [5.74, 6) is 0.336. The largest absolute Gasteiger partial charge is 0.494 e. The molecule has 0 radical (unpaired) electrons. The molecule has 0 heterocycles. The highest BCUT2D eigenvalue weighted by molar-refractivity contribution is 7.80. The van der Waals surface area contributed by atoms with E-state index < -0.39 is 11.8 Å². The number of hydrogen-bond acceptors (Lipinski definition) is 5. The van der Waals surface area contributed by atoms with Gasteiger partial charge in [0.2, 0.25) is 0 Å². The Labute approximate surface area is 186 Å². The van der Waals surface area contributed by atoms with Crippen molar-refractivity contribution in [3.63, 3.8) is 0 Å². The van der Waals surface area contributed by atoms with Gasteiger partial charge in [-0.25, -0.2) is 0 Å². The van der Waals surface area contributed by atoms with Crippen LogP contribution in [0.4, 0.5) is 0 Å². The van der Waals surface area contributed by atoms with Crippen LogP contribution in [0.2, 0.25) is 5.02 Å². The van der Waals surface area contributed by atoms with Gasteiger partial charge < -0.3 is 9.47 Å². The summed E-state index contributed by atoms with van der Waals surface area (Å²) in [6.45, 7) is 2.55. The fourth-order valence-corrected chi connectivity index (χ4v) is 2.56. The third kappa shape index (κ3) is 8.67. The molecule has 2 aromatic rings. The average molecular weight is 450 g/mol. The monoisotopic (exact) mass is 449 g/mol. The van der Waals surface area contributed by atoms with E-state index in [4.69, 9.17) is 33.3 Å². The first-order chi connectivity index (χ1) is 14.5. The van der Waals surface area contributed by atoms with Gasteiger partial charge in [-0.2, -0.15) is 0 Å². The summed E-state index contributed by atoms with van der Waals surface area (Å²) < 4.78 is 10.9. The fourth-order valence-electron chi connectivity index (χ4n) is 2.29. The number of rotatable bonds is 9. The summed E-state index contributed by atoms with van der Waals surface area (Å²) in [5.41, 5.74) is 5.22. The number of thiocarbonyl (C=S) groups is 1. The molecule has 0 fully saturated rings. The lowest BCUT2D eigenvalue weighted by atomic mass is 10.2. The van der Waals surface area contributed by atoms with Gasteiger partial charge in [-0.1, -0.05) is 31.4 Å². The van der Waals surface area contributed by atoms with Gasteiger partial charge in [-0.15, -0.1) is 0 Å². The van der Waals surface area contributed by atoms with Crippen molar-refractivity contribution in [1.29, 1.82) is 0 Å². The predicted molar refractivity (Wildman–Crippen MR) is 120 cm³/mol. The van der Waals surface area contributed by atoms with Crippen LogP contribution in [-0.4, -0.2) is 30.1 Å². The molecule has 7 nitrogen and oxygen atoms in total. The van der Waals surface area contributed by atoms with Gasteiger partial charge >= 0.3 is 0 Å². The summed E-state index contributed by atoms with van der Waals surface area (Å²) in [7, 11) is 0. The molecule has 30 heavy (non-hydrogen) atoms. The lowest BCUT2D eigenvalue weighted by Gasteiger charge is -2.12. The molecular weight excluding hydrogens is 426 g/mol. The molecule has 0 saturated heterocycles. The first kappa shape index (κ1) is 23.4. The normalized spacial score (nSPS) is 10.1. The average Bonchev–Trinajstić information content (AvgIpc) is 2.75. The van der Waals surface area contributed by atoms with Crippen LogP contribution in [0.1, 0.15) is 36.5 Å². The van der Waals surface area contributed by atoms with Crippen molar-refractivity contribution in [1.82, 2.24) is 16.2 Å². The minimum absolute atomic E-state index is 0.0419. The second-order valence-electron chi connectivity index (χ2n) is 6.28. The molecule has 0 aliphatic heterocycles.